The van der Waals surface area contributed by atoms with Gasteiger partial charge in [-0.05, 0) is 24.5 Å². The van der Waals surface area contributed by atoms with Crippen LogP contribution in [0, 0.1) is 0 Å². The minimum Gasteiger partial charge on any atom is -0.481 e. The zero-order valence-corrected chi connectivity index (χ0v) is 9.84. The van der Waals surface area contributed by atoms with Crippen LogP contribution in [0.3, 0.4) is 0 Å². The molecule has 1 aliphatic rings. The lowest BCUT2D eigenvalue weighted by atomic mass is 10.0. The summed E-state index contributed by atoms with van der Waals surface area (Å²) in [4.78, 5) is 15.7. The first-order valence-electron chi connectivity index (χ1n) is 6.04. The molecule has 0 aliphatic heterocycles. The van der Waals surface area contributed by atoms with Crippen molar-refractivity contribution in [3.8, 4) is 11.3 Å². The maximum Gasteiger partial charge on any atom is 0.311 e. The highest BCUT2D eigenvalue weighted by Gasteiger charge is 2.29. The van der Waals surface area contributed by atoms with E-state index >= 15 is 0 Å². The Kier molecular flexibility index (Phi) is 2.59. The molecule has 2 aromatic rings. The molecule has 1 atom stereocenters. The molecule has 1 aliphatic carbocycles. The predicted octanol–water partition coefficient (Wildman–Crippen LogP) is 2.86. The predicted molar refractivity (Wildman–Crippen MR) is 68.4 cm³/mol. The van der Waals surface area contributed by atoms with Crippen molar-refractivity contribution in [2.45, 2.75) is 18.8 Å². The van der Waals surface area contributed by atoms with Crippen LogP contribution < -0.4 is 0 Å². The molecule has 0 saturated heterocycles. The van der Waals surface area contributed by atoms with Crippen LogP contribution in [0.25, 0.3) is 11.3 Å². The highest BCUT2D eigenvalue weighted by Crippen LogP contribution is 2.33. The number of pyridine rings is 1. The number of hydrogen-bond donors (Lipinski definition) is 1. The Hall–Kier alpha value is -2.16. The van der Waals surface area contributed by atoms with Gasteiger partial charge in [0.25, 0.3) is 0 Å². The van der Waals surface area contributed by atoms with E-state index < -0.39 is 5.97 Å². The van der Waals surface area contributed by atoms with E-state index in [4.69, 9.17) is 5.11 Å². The number of aromatic nitrogens is 1. The van der Waals surface area contributed by atoms with Crippen molar-refractivity contribution < 1.29 is 9.90 Å². The molecule has 1 heterocycles. The fraction of sp³-hybridized carbons (Fsp3) is 0.200. The standard InChI is InChI=1S/C15H13NO2/c17-15(18)12-7-9-14-11(12)6-8-13(16-14)10-4-2-1-3-5-10/h1-6,8,12H,7,9H2,(H,17,18). The van der Waals surface area contributed by atoms with Crippen LogP contribution in [0.5, 0.6) is 0 Å². The average Bonchev–Trinajstić information content (AvgIpc) is 2.82. The third-order valence-corrected chi connectivity index (χ3v) is 3.42. The SMILES string of the molecule is O=C(O)C1CCc2nc(-c3ccccc3)ccc21. The minimum absolute atomic E-state index is 0.377. The van der Waals surface area contributed by atoms with E-state index in [1.54, 1.807) is 0 Å². The molecule has 1 unspecified atom stereocenters. The number of carboxylic acid groups (broad SMARTS) is 1. The summed E-state index contributed by atoms with van der Waals surface area (Å²) < 4.78 is 0. The summed E-state index contributed by atoms with van der Waals surface area (Å²) in [7, 11) is 0. The van der Waals surface area contributed by atoms with E-state index in [1.807, 2.05) is 42.5 Å². The summed E-state index contributed by atoms with van der Waals surface area (Å²) >= 11 is 0. The lowest BCUT2D eigenvalue weighted by molar-refractivity contribution is -0.138. The Bertz CT molecular complexity index is 593. The summed E-state index contributed by atoms with van der Waals surface area (Å²) in [6.45, 7) is 0. The van der Waals surface area contributed by atoms with Gasteiger partial charge >= 0.3 is 5.97 Å². The van der Waals surface area contributed by atoms with Gasteiger partial charge in [-0.15, -0.1) is 0 Å². The summed E-state index contributed by atoms with van der Waals surface area (Å²) in [5, 5.41) is 9.12. The summed E-state index contributed by atoms with van der Waals surface area (Å²) in [5.41, 5.74) is 3.80. The maximum atomic E-state index is 11.1. The van der Waals surface area contributed by atoms with Gasteiger partial charge in [0.1, 0.15) is 0 Å². The number of aryl methyl sites for hydroxylation is 1. The van der Waals surface area contributed by atoms with Crippen molar-refractivity contribution in [2.24, 2.45) is 0 Å². The van der Waals surface area contributed by atoms with Crippen molar-refractivity contribution in [3.63, 3.8) is 0 Å². The monoisotopic (exact) mass is 239 g/mol. The Labute approximate surface area is 105 Å². The number of fused-ring (bicyclic) bond motifs is 1. The maximum absolute atomic E-state index is 11.1. The van der Waals surface area contributed by atoms with E-state index in [9.17, 15) is 4.79 Å². The first-order valence-corrected chi connectivity index (χ1v) is 6.04. The van der Waals surface area contributed by atoms with Crippen molar-refractivity contribution in [2.75, 3.05) is 0 Å². The third-order valence-electron chi connectivity index (χ3n) is 3.42. The Balaban J connectivity index is 2.01. The van der Waals surface area contributed by atoms with Gasteiger partial charge in [0, 0.05) is 11.3 Å². The Morgan fingerprint density at radius 1 is 1.17 bits per heavy atom. The Morgan fingerprint density at radius 2 is 1.94 bits per heavy atom. The first kappa shape index (κ1) is 11.0. The van der Waals surface area contributed by atoms with Crippen LogP contribution in [0.1, 0.15) is 23.6 Å². The highest BCUT2D eigenvalue weighted by molar-refractivity contribution is 5.78. The number of aliphatic carboxylic acids is 1. The van der Waals surface area contributed by atoms with Crippen LogP contribution in [-0.4, -0.2) is 16.1 Å². The van der Waals surface area contributed by atoms with Gasteiger partial charge in [-0.3, -0.25) is 9.78 Å². The third kappa shape index (κ3) is 1.78. The second-order valence-corrected chi connectivity index (χ2v) is 4.53. The van der Waals surface area contributed by atoms with Crippen LogP contribution >= 0.6 is 0 Å². The molecule has 0 saturated carbocycles. The quantitative estimate of drug-likeness (QED) is 0.876. The molecule has 0 bridgehead atoms. The van der Waals surface area contributed by atoms with Crippen LogP contribution in [0.2, 0.25) is 0 Å². The van der Waals surface area contributed by atoms with Gasteiger partial charge in [-0.2, -0.15) is 0 Å². The molecular weight excluding hydrogens is 226 g/mol. The second kappa shape index (κ2) is 4.26. The largest absolute Gasteiger partial charge is 0.481 e. The molecule has 0 fully saturated rings. The van der Waals surface area contributed by atoms with Crippen molar-refractivity contribution >= 4 is 5.97 Å². The summed E-state index contributed by atoms with van der Waals surface area (Å²) in [6.07, 6.45) is 1.42. The van der Waals surface area contributed by atoms with E-state index in [-0.39, 0.29) is 5.92 Å². The lowest BCUT2D eigenvalue weighted by Crippen LogP contribution is -2.07. The molecule has 3 rings (SSSR count). The molecule has 1 N–H and O–H groups in total. The fourth-order valence-electron chi connectivity index (χ4n) is 2.49. The first-order chi connectivity index (χ1) is 8.75. The van der Waals surface area contributed by atoms with Crippen LogP contribution in [0.4, 0.5) is 0 Å². The minimum atomic E-state index is -0.747. The van der Waals surface area contributed by atoms with Crippen molar-refractivity contribution in [3.05, 3.63) is 53.7 Å². The molecule has 3 nitrogen and oxygen atoms in total. The van der Waals surface area contributed by atoms with Crippen molar-refractivity contribution in [1.82, 2.24) is 4.98 Å². The average molecular weight is 239 g/mol. The number of carboxylic acids is 1. The summed E-state index contributed by atoms with van der Waals surface area (Å²) in [5.74, 6) is -1.12. The number of benzene rings is 1. The van der Waals surface area contributed by atoms with E-state index in [1.165, 1.54) is 0 Å². The summed E-state index contributed by atoms with van der Waals surface area (Å²) in [6, 6.07) is 13.8. The second-order valence-electron chi connectivity index (χ2n) is 4.53. The molecule has 0 radical (unpaired) electrons. The Morgan fingerprint density at radius 3 is 2.67 bits per heavy atom. The topological polar surface area (TPSA) is 50.2 Å². The smallest absolute Gasteiger partial charge is 0.311 e. The van der Waals surface area contributed by atoms with Gasteiger partial charge in [-0.1, -0.05) is 36.4 Å². The number of nitrogens with zero attached hydrogens (tertiary/aromatic N) is 1. The lowest BCUT2D eigenvalue weighted by Gasteiger charge is -2.07. The highest BCUT2D eigenvalue weighted by atomic mass is 16.4. The zero-order valence-electron chi connectivity index (χ0n) is 9.84. The van der Waals surface area contributed by atoms with Gasteiger partial charge in [-0.25, -0.2) is 0 Å². The molecule has 0 amide bonds. The van der Waals surface area contributed by atoms with Crippen LogP contribution in [0.15, 0.2) is 42.5 Å². The van der Waals surface area contributed by atoms with E-state index in [0.29, 0.717) is 6.42 Å². The van der Waals surface area contributed by atoms with Gasteiger partial charge in [0.15, 0.2) is 0 Å². The number of hydrogen-bond acceptors (Lipinski definition) is 2. The molecule has 3 heteroatoms. The van der Waals surface area contributed by atoms with Gasteiger partial charge in [0.2, 0.25) is 0 Å². The molecule has 1 aromatic heterocycles. The van der Waals surface area contributed by atoms with Gasteiger partial charge in [0.05, 0.1) is 11.6 Å². The van der Waals surface area contributed by atoms with Crippen molar-refractivity contribution in [1.29, 1.82) is 0 Å². The number of rotatable bonds is 2. The normalized spacial score (nSPS) is 17.4. The fourth-order valence-corrected chi connectivity index (χ4v) is 2.49. The van der Waals surface area contributed by atoms with E-state index in [2.05, 4.69) is 4.98 Å². The molecule has 18 heavy (non-hydrogen) atoms. The van der Waals surface area contributed by atoms with Gasteiger partial charge < -0.3 is 5.11 Å². The molecule has 1 aromatic carbocycles. The molecular formula is C15H13NO2. The van der Waals surface area contributed by atoms with E-state index in [0.717, 1.165) is 28.9 Å². The molecule has 0 spiro atoms. The zero-order chi connectivity index (χ0) is 12.5. The van der Waals surface area contributed by atoms with Crippen LogP contribution in [-0.2, 0) is 11.2 Å². The molecule has 90 valence electrons. The number of carbonyl (C=O) groups is 1.